The van der Waals surface area contributed by atoms with Crippen LogP contribution in [0.4, 0.5) is 5.69 Å². The fourth-order valence-electron chi connectivity index (χ4n) is 1.95. The lowest BCUT2D eigenvalue weighted by Crippen LogP contribution is -2.08. The first-order valence-electron chi connectivity index (χ1n) is 6.83. The third kappa shape index (κ3) is 3.67. The zero-order valence-corrected chi connectivity index (χ0v) is 13.7. The van der Waals surface area contributed by atoms with E-state index in [1.54, 1.807) is 30.3 Å². The maximum absolute atomic E-state index is 12.0. The van der Waals surface area contributed by atoms with E-state index >= 15 is 0 Å². The van der Waals surface area contributed by atoms with Crippen LogP contribution in [0, 0.1) is 0 Å². The Morgan fingerprint density at radius 3 is 2.54 bits per heavy atom. The predicted molar refractivity (Wildman–Crippen MR) is 89.7 cm³/mol. The van der Waals surface area contributed by atoms with Crippen molar-refractivity contribution < 1.29 is 14.1 Å². The number of nitrogens with two attached hydrogens (primary N) is 1. The Kier molecular flexibility index (Phi) is 4.69. The van der Waals surface area contributed by atoms with Crippen molar-refractivity contribution in [3.8, 4) is 11.4 Å². The number of benzene rings is 2. The van der Waals surface area contributed by atoms with Crippen LogP contribution in [0.15, 0.2) is 47.0 Å². The normalized spacial score (nSPS) is 10.6. The summed E-state index contributed by atoms with van der Waals surface area (Å²) in [5.74, 6) is -0.0556. The minimum absolute atomic E-state index is 0.165. The second kappa shape index (κ2) is 6.90. The summed E-state index contributed by atoms with van der Waals surface area (Å²) in [5.41, 5.74) is 6.93. The molecule has 0 amide bonds. The highest BCUT2D eigenvalue weighted by Gasteiger charge is 2.14. The minimum Gasteiger partial charge on any atom is -0.452 e. The maximum Gasteiger partial charge on any atom is 0.340 e. The van der Waals surface area contributed by atoms with Crippen LogP contribution in [0.1, 0.15) is 16.2 Å². The van der Waals surface area contributed by atoms with Gasteiger partial charge in [-0.25, -0.2) is 4.79 Å². The number of hydrogen-bond acceptors (Lipinski definition) is 6. The zero-order chi connectivity index (χ0) is 17.1. The number of nitrogens with zero attached hydrogens (tertiary/aromatic N) is 2. The number of halogens is 2. The van der Waals surface area contributed by atoms with E-state index in [-0.39, 0.29) is 23.7 Å². The Bertz CT molecular complexity index is 879. The van der Waals surface area contributed by atoms with E-state index in [2.05, 4.69) is 10.1 Å². The third-order valence-corrected chi connectivity index (χ3v) is 3.62. The minimum atomic E-state index is -0.601. The van der Waals surface area contributed by atoms with E-state index in [4.69, 9.17) is 38.2 Å². The third-order valence-electron chi connectivity index (χ3n) is 3.13. The Morgan fingerprint density at radius 1 is 1.12 bits per heavy atom. The first kappa shape index (κ1) is 16.3. The molecule has 0 saturated carbocycles. The van der Waals surface area contributed by atoms with Crippen LogP contribution in [-0.2, 0) is 11.3 Å². The monoisotopic (exact) mass is 363 g/mol. The number of anilines is 1. The van der Waals surface area contributed by atoms with Gasteiger partial charge in [0.2, 0.25) is 5.82 Å². The number of carbonyl (C=O) groups excluding carboxylic acids is 1. The topological polar surface area (TPSA) is 91.2 Å². The lowest BCUT2D eigenvalue weighted by Gasteiger charge is -2.05. The lowest BCUT2D eigenvalue weighted by atomic mass is 10.2. The summed E-state index contributed by atoms with van der Waals surface area (Å²) < 4.78 is 10.2. The molecule has 2 aromatic carbocycles. The largest absolute Gasteiger partial charge is 0.452 e. The van der Waals surface area contributed by atoms with Crippen LogP contribution >= 0.6 is 23.2 Å². The summed E-state index contributed by atoms with van der Waals surface area (Å²) >= 11 is 11.6. The van der Waals surface area contributed by atoms with Crippen molar-refractivity contribution in [1.82, 2.24) is 10.1 Å². The SMILES string of the molecule is Nc1cc(Cl)ccc1C(=O)OCc1nc(-c2ccc(Cl)cc2)no1. The highest BCUT2D eigenvalue weighted by molar-refractivity contribution is 6.31. The number of hydrogen-bond donors (Lipinski definition) is 1. The number of carbonyl (C=O) groups is 1. The van der Waals surface area contributed by atoms with E-state index in [9.17, 15) is 4.79 Å². The molecular formula is C16H11Cl2N3O3. The van der Waals surface area contributed by atoms with Crippen molar-refractivity contribution >= 4 is 34.9 Å². The summed E-state index contributed by atoms with van der Waals surface area (Å²) in [6.45, 7) is -0.165. The van der Waals surface area contributed by atoms with Gasteiger partial charge < -0.3 is 15.0 Å². The average molecular weight is 364 g/mol. The molecule has 0 aliphatic rings. The molecule has 0 aliphatic carbocycles. The number of aromatic nitrogens is 2. The number of rotatable bonds is 4. The van der Waals surface area contributed by atoms with Gasteiger partial charge in [0.25, 0.3) is 5.89 Å². The maximum atomic E-state index is 12.0. The predicted octanol–water partition coefficient (Wildman–Crippen LogP) is 3.98. The average Bonchev–Trinajstić information content (AvgIpc) is 3.02. The molecule has 0 radical (unpaired) electrons. The second-order valence-corrected chi connectivity index (χ2v) is 5.70. The number of ether oxygens (including phenoxy) is 1. The quantitative estimate of drug-likeness (QED) is 0.556. The van der Waals surface area contributed by atoms with Crippen LogP contribution in [0.3, 0.4) is 0 Å². The molecule has 122 valence electrons. The molecule has 0 unspecified atom stereocenters. The summed E-state index contributed by atoms with van der Waals surface area (Å²) in [7, 11) is 0. The van der Waals surface area contributed by atoms with Gasteiger partial charge in [-0.2, -0.15) is 4.98 Å². The summed E-state index contributed by atoms with van der Waals surface area (Å²) in [6, 6.07) is 11.5. The van der Waals surface area contributed by atoms with Gasteiger partial charge in [-0.1, -0.05) is 28.4 Å². The van der Waals surface area contributed by atoms with E-state index in [0.29, 0.717) is 15.9 Å². The molecule has 2 N–H and O–H groups in total. The van der Waals surface area contributed by atoms with Crippen molar-refractivity contribution in [2.75, 3.05) is 5.73 Å². The van der Waals surface area contributed by atoms with Crippen molar-refractivity contribution in [2.45, 2.75) is 6.61 Å². The van der Waals surface area contributed by atoms with Gasteiger partial charge in [0.1, 0.15) is 0 Å². The Morgan fingerprint density at radius 2 is 1.83 bits per heavy atom. The molecule has 0 bridgehead atoms. The molecule has 0 aliphatic heterocycles. The highest BCUT2D eigenvalue weighted by atomic mass is 35.5. The highest BCUT2D eigenvalue weighted by Crippen LogP contribution is 2.21. The van der Waals surface area contributed by atoms with Crippen LogP contribution in [0.25, 0.3) is 11.4 Å². The molecule has 1 aromatic heterocycles. The van der Waals surface area contributed by atoms with Gasteiger partial charge >= 0.3 is 5.97 Å². The Labute approximate surface area is 147 Å². The van der Waals surface area contributed by atoms with Crippen LogP contribution in [0.5, 0.6) is 0 Å². The first-order valence-corrected chi connectivity index (χ1v) is 7.59. The van der Waals surface area contributed by atoms with Gasteiger partial charge in [-0.15, -0.1) is 0 Å². The van der Waals surface area contributed by atoms with Crippen molar-refractivity contribution in [3.05, 3.63) is 64.0 Å². The molecule has 0 spiro atoms. The lowest BCUT2D eigenvalue weighted by molar-refractivity contribution is 0.0431. The number of esters is 1. The van der Waals surface area contributed by atoms with Crippen LogP contribution < -0.4 is 5.73 Å². The standard InChI is InChI=1S/C16H11Cl2N3O3/c17-10-3-1-9(2-4-10)15-20-14(24-21-15)8-23-16(22)12-6-5-11(18)7-13(12)19/h1-7H,8,19H2. The fourth-order valence-corrected chi connectivity index (χ4v) is 2.26. The Balaban J connectivity index is 1.67. The molecule has 0 atom stereocenters. The molecule has 0 saturated heterocycles. The molecule has 3 aromatic rings. The van der Waals surface area contributed by atoms with Crippen molar-refractivity contribution in [1.29, 1.82) is 0 Å². The van der Waals surface area contributed by atoms with Crippen LogP contribution in [-0.4, -0.2) is 16.1 Å². The van der Waals surface area contributed by atoms with Gasteiger partial charge in [-0.3, -0.25) is 0 Å². The van der Waals surface area contributed by atoms with E-state index in [1.807, 2.05) is 0 Å². The van der Waals surface area contributed by atoms with E-state index in [0.717, 1.165) is 5.56 Å². The van der Waals surface area contributed by atoms with Crippen molar-refractivity contribution in [3.63, 3.8) is 0 Å². The molecule has 6 nitrogen and oxygen atoms in total. The summed E-state index contributed by atoms with van der Waals surface area (Å²) in [5, 5.41) is 4.88. The number of nitrogen functional groups attached to an aromatic ring is 1. The second-order valence-electron chi connectivity index (χ2n) is 4.83. The van der Waals surface area contributed by atoms with Gasteiger partial charge in [0.05, 0.1) is 5.56 Å². The fraction of sp³-hybridized carbons (Fsp3) is 0.0625. The van der Waals surface area contributed by atoms with Gasteiger partial charge in [-0.05, 0) is 42.5 Å². The first-order chi connectivity index (χ1) is 11.5. The molecular weight excluding hydrogens is 353 g/mol. The summed E-state index contributed by atoms with van der Waals surface area (Å²) in [4.78, 5) is 16.2. The smallest absolute Gasteiger partial charge is 0.340 e. The van der Waals surface area contributed by atoms with E-state index in [1.165, 1.54) is 12.1 Å². The molecule has 3 rings (SSSR count). The molecule has 1 heterocycles. The Hall–Kier alpha value is -2.57. The van der Waals surface area contributed by atoms with E-state index < -0.39 is 5.97 Å². The molecule has 24 heavy (non-hydrogen) atoms. The summed E-state index contributed by atoms with van der Waals surface area (Å²) in [6.07, 6.45) is 0. The van der Waals surface area contributed by atoms with Gasteiger partial charge in [0.15, 0.2) is 6.61 Å². The van der Waals surface area contributed by atoms with Crippen LogP contribution in [0.2, 0.25) is 10.0 Å². The zero-order valence-electron chi connectivity index (χ0n) is 12.2. The van der Waals surface area contributed by atoms with Crippen molar-refractivity contribution in [2.24, 2.45) is 0 Å². The molecule has 8 heteroatoms. The van der Waals surface area contributed by atoms with Gasteiger partial charge in [0, 0.05) is 21.3 Å². The molecule has 0 fully saturated rings.